The van der Waals surface area contributed by atoms with Crippen LogP contribution in [0, 0.1) is 0 Å². The molecule has 68 valence electrons. The largest absolute Gasteiger partial charge is 0.416 e. The SMILES string of the molecule is FC(F)(F)C1(Cl)C=CCC=C1Cl. The predicted octanol–water partition coefficient (Wildman–Crippen LogP) is 3.61. The minimum atomic E-state index is -4.54. The van der Waals surface area contributed by atoms with Crippen molar-refractivity contribution in [2.24, 2.45) is 0 Å². The zero-order valence-electron chi connectivity index (χ0n) is 5.83. The summed E-state index contributed by atoms with van der Waals surface area (Å²) in [6, 6.07) is 0. The summed E-state index contributed by atoms with van der Waals surface area (Å²) in [5, 5.41) is -0.376. The number of alkyl halides is 4. The van der Waals surface area contributed by atoms with Crippen LogP contribution in [0.25, 0.3) is 0 Å². The van der Waals surface area contributed by atoms with Gasteiger partial charge in [0.1, 0.15) is 0 Å². The average molecular weight is 217 g/mol. The van der Waals surface area contributed by atoms with E-state index in [2.05, 4.69) is 0 Å². The third-order valence-electron chi connectivity index (χ3n) is 1.54. The molecule has 0 aromatic rings. The second-order valence-electron chi connectivity index (χ2n) is 2.40. The summed E-state index contributed by atoms with van der Waals surface area (Å²) in [4.78, 5) is -2.51. The van der Waals surface area contributed by atoms with Crippen LogP contribution in [-0.4, -0.2) is 11.1 Å². The molecule has 0 radical (unpaired) electrons. The van der Waals surface area contributed by atoms with Gasteiger partial charge in [-0.1, -0.05) is 41.4 Å². The summed E-state index contributed by atoms with van der Waals surface area (Å²) in [5.74, 6) is 0. The van der Waals surface area contributed by atoms with Crippen LogP contribution in [0.1, 0.15) is 6.42 Å². The first-order valence-electron chi connectivity index (χ1n) is 3.17. The second-order valence-corrected chi connectivity index (χ2v) is 3.40. The van der Waals surface area contributed by atoms with Gasteiger partial charge < -0.3 is 0 Å². The fourth-order valence-electron chi connectivity index (χ4n) is 0.860. The molecule has 0 nitrogen and oxygen atoms in total. The van der Waals surface area contributed by atoms with E-state index in [1.54, 1.807) is 0 Å². The molecule has 0 amide bonds. The van der Waals surface area contributed by atoms with E-state index in [4.69, 9.17) is 23.2 Å². The molecule has 0 aromatic carbocycles. The van der Waals surface area contributed by atoms with Crippen molar-refractivity contribution in [2.75, 3.05) is 0 Å². The molecular formula is C7H5Cl2F3. The number of halogens is 5. The number of hydrogen-bond acceptors (Lipinski definition) is 0. The number of hydrogen-bond donors (Lipinski definition) is 0. The standard InChI is InChI=1S/C7H5Cl2F3/c8-5-3-1-2-4-6(5,9)7(10,11)12/h2-4H,1H2. The Hall–Kier alpha value is -0.150. The highest BCUT2D eigenvalue weighted by Gasteiger charge is 2.54. The molecule has 0 fully saturated rings. The normalized spacial score (nSPS) is 30.2. The van der Waals surface area contributed by atoms with Gasteiger partial charge in [0.05, 0.1) is 0 Å². The van der Waals surface area contributed by atoms with Crippen LogP contribution in [0.5, 0.6) is 0 Å². The van der Waals surface area contributed by atoms with Gasteiger partial charge in [-0.2, -0.15) is 13.2 Å². The first-order chi connectivity index (χ1) is 5.38. The Labute approximate surface area is 77.6 Å². The predicted molar refractivity (Wildman–Crippen MR) is 42.3 cm³/mol. The smallest absolute Gasteiger partial charge is 0.168 e. The van der Waals surface area contributed by atoms with Crippen LogP contribution < -0.4 is 0 Å². The maximum atomic E-state index is 12.3. The fourth-order valence-corrected chi connectivity index (χ4v) is 1.29. The van der Waals surface area contributed by atoms with E-state index < -0.39 is 11.1 Å². The maximum Gasteiger partial charge on any atom is 0.416 e. The Kier molecular flexibility index (Phi) is 2.45. The minimum absolute atomic E-state index is 0.376. The van der Waals surface area contributed by atoms with E-state index in [-0.39, 0.29) is 5.03 Å². The molecule has 1 aliphatic carbocycles. The summed E-state index contributed by atoms with van der Waals surface area (Å²) in [7, 11) is 0. The molecule has 1 aliphatic rings. The first-order valence-corrected chi connectivity index (χ1v) is 3.93. The van der Waals surface area contributed by atoms with Gasteiger partial charge in [-0.3, -0.25) is 0 Å². The second kappa shape index (κ2) is 2.96. The van der Waals surface area contributed by atoms with E-state index in [1.807, 2.05) is 0 Å². The fraction of sp³-hybridized carbons (Fsp3) is 0.429. The van der Waals surface area contributed by atoms with Crippen LogP contribution >= 0.6 is 23.2 Å². The molecular weight excluding hydrogens is 212 g/mol. The summed E-state index contributed by atoms with van der Waals surface area (Å²) in [6.07, 6.45) is -0.687. The Morgan fingerprint density at radius 2 is 2.00 bits per heavy atom. The van der Waals surface area contributed by atoms with Gasteiger partial charge in [0.2, 0.25) is 0 Å². The van der Waals surface area contributed by atoms with Gasteiger partial charge in [0.15, 0.2) is 4.87 Å². The summed E-state index contributed by atoms with van der Waals surface area (Å²) in [6.45, 7) is 0. The Morgan fingerprint density at radius 3 is 2.33 bits per heavy atom. The van der Waals surface area contributed by atoms with Gasteiger partial charge in [-0.05, 0) is 6.42 Å². The summed E-state index contributed by atoms with van der Waals surface area (Å²) < 4.78 is 36.8. The van der Waals surface area contributed by atoms with E-state index >= 15 is 0 Å². The summed E-state index contributed by atoms with van der Waals surface area (Å²) in [5.41, 5.74) is 0. The van der Waals surface area contributed by atoms with Gasteiger partial charge in [0, 0.05) is 5.03 Å². The van der Waals surface area contributed by atoms with Crippen LogP contribution in [0.4, 0.5) is 13.2 Å². The van der Waals surface area contributed by atoms with Crippen molar-refractivity contribution >= 4 is 23.2 Å². The third kappa shape index (κ3) is 1.48. The molecule has 0 N–H and O–H groups in total. The highest BCUT2D eigenvalue weighted by atomic mass is 35.5. The topological polar surface area (TPSA) is 0 Å². The van der Waals surface area contributed by atoms with E-state index in [1.165, 1.54) is 12.2 Å². The third-order valence-corrected chi connectivity index (χ3v) is 2.63. The van der Waals surface area contributed by atoms with E-state index in [9.17, 15) is 13.2 Å². The molecule has 1 atom stereocenters. The lowest BCUT2D eigenvalue weighted by Gasteiger charge is -2.27. The van der Waals surface area contributed by atoms with Crippen LogP contribution in [0.15, 0.2) is 23.3 Å². The lowest BCUT2D eigenvalue weighted by atomic mass is 10.0. The molecule has 0 saturated carbocycles. The maximum absolute atomic E-state index is 12.3. The molecule has 12 heavy (non-hydrogen) atoms. The van der Waals surface area contributed by atoms with Crippen molar-refractivity contribution in [3.8, 4) is 0 Å². The Balaban J connectivity index is 3.04. The van der Waals surface area contributed by atoms with Gasteiger partial charge in [0.25, 0.3) is 0 Å². The number of rotatable bonds is 0. The monoisotopic (exact) mass is 216 g/mol. The molecule has 1 unspecified atom stereocenters. The Morgan fingerprint density at radius 1 is 1.42 bits per heavy atom. The van der Waals surface area contributed by atoms with Crippen molar-refractivity contribution in [1.29, 1.82) is 0 Å². The average Bonchev–Trinajstić information content (AvgIpc) is 1.93. The molecule has 0 bridgehead atoms. The van der Waals surface area contributed by atoms with Gasteiger partial charge in [-0.15, -0.1) is 0 Å². The molecule has 0 heterocycles. The first kappa shape index (κ1) is 9.93. The van der Waals surface area contributed by atoms with Crippen molar-refractivity contribution in [2.45, 2.75) is 17.5 Å². The molecule has 0 spiro atoms. The van der Waals surface area contributed by atoms with Gasteiger partial charge >= 0.3 is 6.18 Å². The number of allylic oxidation sites excluding steroid dienone is 4. The van der Waals surface area contributed by atoms with Crippen molar-refractivity contribution in [3.63, 3.8) is 0 Å². The molecule has 0 saturated heterocycles. The van der Waals surface area contributed by atoms with Crippen LogP contribution in [0.3, 0.4) is 0 Å². The van der Waals surface area contributed by atoms with Crippen molar-refractivity contribution < 1.29 is 13.2 Å². The quantitative estimate of drug-likeness (QED) is 0.429. The highest BCUT2D eigenvalue weighted by molar-refractivity contribution is 6.41. The Bertz CT molecular complexity index is 242. The van der Waals surface area contributed by atoms with E-state index in [0.29, 0.717) is 6.42 Å². The lowest BCUT2D eigenvalue weighted by Crippen LogP contribution is -2.39. The van der Waals surface area contributed by atoms with Crippen molar-refractivity contribution in [3.05, 3.63) is 23.3 Å². The molecule has 5 heteroatoms. The zero-order chi connectivity index (χ0) is 9.41. The van der Waals surface area contributed by atoms with E-state index in [0.717, 1.165) is 6.08 Å². The minimum Gasteiger partial charge on any atom is -0.168 e. The molecule has 1 rings (SSSR count). The lowest BCUT2D eigenvalue weighted by molar-refractivity contribution is -0.140. The zero-order valence-corrected chi connectivity index (χ0v) is 7.34. The molecule has 0 aliphatic heterocycles. The molecule has 0 aromatic heterocycles. The van der Waals surface area contributed by atoms with Crippen LogP contribution in [-0.2, 0) is 0 Å². The highest BCUT2D eigenvalue weighted by Crippen LogP contribution is 2.46. The van der Waals surface area contributed by atoms with Crippen LogP contribution in [0.2, 0.25) is 0 Å². The summed E-state index contributed by atoms with van der Waals surface area (Å²) >= 11 is 10.7. The van der Waals surface area contributed by atoms with Crippen molar-refractivity contribution in [1.82, 2.24) is 0 Å². The van der Waals surface area contributed by atoms with Gasteiger partial charge in [-0.25, -0.2) is 0 Å².